The minimum absolute atomic E-state index is 0.235. The van der Waals surface area contributed by atoms with Crippen LogP contribution in [0.4, 0.5) is 4.79 Å². The molecule has 18 heavy (non-hydrogen) atoms. The molecule has 1 unspecified atom stereocenters. The van der Waals surface area contributed by atoms with Crippen molar-refractivity contribution >= 4 is 23.3 Å². The second kappa shape index (κ2) is 5.97. The van der Waals surface area contributed by atoms with Crippen molar-refractivity contribution < 1.29 is 14.5 Å². The zero-order valence-electron chi connectivity index (χ0n) is 10.4. The highest BCUT2D eigenvalue weighted by Gasteiger charge is 2.24. The van der Waals surface area contributed by atoms with Gasteiger partial charge in [-0.25, -0.2) is 4.79 Å². The summed E-state index contributed by atoms with van der Waals surface area (Å²) >= 11 is 1.65. The average Bonchev–Trinajstić information content (AvgIpc) is 2.92. The molecule has 3 N–H and O–H groups in total. The van der Waals surface area contributed by atoms with Crippen LogP contribution in [0, 0.1) is 0 Å². The molecule has 1 atom stereocenters. The minimum atomic E-state index is -0.370. The summed E-state index contributed by atoms with van der Waals surface area (Å²) in [5.41, 5.74) is 1.22. The second-order valence-corrected chi connectivity index (χ2v) is 5.52. The first-order chi connectivity index (χ1) is 8.63. The molecule has 1 aromatic heterocycles. The van der Waals surface area contributed by atoms with E-state index < -0.39 is 0 Å². The van der Waals surface area contributed by atoms with E-state index in [1.807, 2.05) is 18.5 Å². The summed E-state index contributed by atoms with van der Waals surface area (Å²) in [5, 5.41) is 9.17. The fraction of sp³-hybridized carbons (Fsp3) is 0.500. The first-order valence-electron chi connectivity index (χ1n) is 6.06. The van der Waals surface area contributed by atoms with Gasteiger partial charge < -0.3 is 10.2 Å². The molecular formula is C12H18N3O2S+. The van der Waals surface area contributed by atoms with E-state index in [2.05, 4.69) is 16.0 Å². The van der Waals surface area contributed by atoms with Gasteiger partial charge in [0, 0.05) is 11.6 Å². The highest BCUT2D eigenvalue weighted by molar-refractivity contribution is 7.07. The molecule has 0 radical (unpaired) electrons. The van der Waals surface area contributed by atoms with Crippen molar-refractivity contribution in [1.29, 1.82) is 0 Å². The van der Waals surface area contributed by atoms with E-state index >= 15 is 0 Å². The molecular weight excluding hydrogens is 250 g/mol. The lowest BCUT2D eigenvalue weighted by molar-refractivity contribution is -0.885. The molecule has 0 bridgehead atoms. The van der Waals surface area contributed by atoms with Crippen molar-refractivity contribution in [2.24, 2.45) is 0 Å². The molecule has 0 aliphatic heterocycles. The molecule has 1 aliphatic rings. The maximum atomic E-state index is 11.6. The number of urea groups is 1. The molecule has 1 aliphatic carbocycles. The quantitative estimate of drug-likeness (QED) is 0.690. The molecule has 1 saturated carbocycles. The van der Waals surface area contributed by atoms with E-state index in [1.165, 1.54) is 5.56 Å². The van der Waals surface area contributed by atoms with Gasteiger partial charge in [0.2, 0.25) is 0 Å². The van der Waals surface area contributed by atoms with Gasteiger partial charge in [-0.2, -0.15) is 11.3 Å². The summed E-state index contributed by atoms with van der Waals surface area (Å²) in [7, 11) is 1.94. The summed E-state index contributed by atoms with van der Waals surface area (Å²) in [4.78, 5) is 24.0. The second-order valence-electron chi connectivity index (χ2n) is 4.74. The number of hydrogen-bond acceptors (Lipinski definition) is 3. The number of thiophene rings is 1. The number of likely N-dealkylation sites (N-methyl/N-ethyl adjacent to an activating group) is 1. The lowest BCUT2D eigenvalue weighted by atomic mass is 10.3. The van der Waals surface area contributed by atoms with Crippen molar-refractivity contribution in [2.45, 2.75) is 25.4 Å². The van der Waals surface area contributed by atoms with Crippen LogP contribution in [0.15, 0.2) is 16.8 Å². The number of carbonyl (C=O) groups is 2. The van der Waals surface area contributed by atoms with Crippen molar-refractivity contribution in [3.05, 3.63) is 22.4 Å². The van der Waals surface area contributed by atoms with Crippen molar-refractivity contribution in [3.63, 3.8) is 0 Å². The first kappa shape index (κ1) is 13.0. The molecule has 0 aromatic carbocycles. The zero-order valence-corrected chi connectivity index (χ0v) is 11.2. The van der Waals surface area contributed by atoms with Gasteiger partial charge in [-0.1, -0.05) is 0 Å². The predicted molar refractivity (Wildman–Crippen MR) is 69.5 cm³/mol. The van der Waals surface area contributed by atoms with E-state index in [1.54, 1.807) is 11.3 Å². The largest absolute Gasteiger partial charge is 0.335 e. The van der Waals surface area contributed by atoms with Crippen molar-refractivity contribution in [3.8, 4) is 0 Å². The van der Waals surface area contributed by atoms with E-state index in [-0.39, 0.29) is 18.0 Å². The third kappa shape index (κ3) is 4.46. The van der Waals surface area contributed by atoms with Gasteiger partial charge in [-0.15, -0.1) is 0 Å². The molecule has 2 rings (SSSR count). The van der Waals surface area contributed by atoms with E-state index in [4.69, 9.17) is 0 Å². The van der Waals surface area contributed by atoms with Crippen LogP contribution in [0.1, 0.15) is 18.4 Å². The molecule has 0 spiro atoms. The Bertz CT molecular complexity index is 415. The third-order valence-corrected chi connectivity index (χ3v) is 3.45. The molecule has 0 saturated heterocycles. The Morgan fingerprint density at radius 3 is 2.89 bits per heavy atom. The van der Waals surface area contributed by atoms with Crippen molar-refractivity contribution in [2.75, 3.05) is 13.6 Å². The van der Waals surface area contributed by atoms with E-state index in [0.717, 1.165) is 24.3 Å². The summed E-state index contributed by atoms with van der Waals surface area (Å²) in [6.07, 6.45) is 2.04. The third-order valence-electron chi connectivity index (χ3n) is 2.71. The Morgan fingerprint density at radius 2 is 2.28 bits per heavy atom. The smallest absolute Gasteiger partial charge is 0.321 e. The Morgan fingerprint density at radius 1 is 1.50 bits per heavy atom. The number of hydrogen-bond donors (Lipinski definition) is 3. The lowest BCUT2D eigenvalue weighted by Gasteiger charge is -2.12. The zero-order chi connectivity index (χ0) is 13.0. The molecule has 5 nitrogen and oxygen atoms in total. The molecule has 1 aromatic rings. The highest BCUT2D eigenvalue weighted by atomic mass is 32.1. The Kier molecular flexibility index (Phi) is 4.33. The van der Waals surface area contributed by atoms with Gasteiger partial charge in [0.15, 0.2) is 6.54 Å². The standard InChI is InChI=1S/C12H17N3O2S/c1-15(6-9-4-5-18-8-9)7-11(16)14-12(17)13-10-2-3-10/h4-5,8,10H,2-3,6-7H2,1H3,(H2,13,14,16,17)/p+1. The molecule has 1 heterocycles. The minimum Gasteiger partial charge on any atom is -0.335 e. The topological polar surface area (TPSA) is 62.6 Å². The number of imide groups is 1. The van der Waals surface area contributed by atoms with Crippen LogP contribution in [0.25, 0.3) is 0 Å². The van der Waals surface area contributed by atoms with Gasteiger partial charge in [0.25, 0.3) is 5.91 Å². The Labute approximate surface area is 110 Å². The van der Waals surface area contributed by atoms with Crippen LogP contribution in [-0.2, 0) is 11.3 Å². The summed E-state index contributed by atoms with van der Waals surface area (Å²) in [6, 6.07) is 1.95. The van der Waals surface area contributed by atoms with Gasteiger partial charge in [0.1, 0.15) is 6.54 Å². The van der Waals surface area contributed by atoms with Crippen molar-refractivity contribution in [1.82, 2.24) is 10.6 Å². The number of amides is 3. The van der Waals surface area contributed by atoms with Crippen LogP contribution in [0.2, 0.25) is 0 Å². The fourth-order valence-corrected chi connectivity index (χ4v) is 2.37. The average molecular weight is 268 g/mol. The summed E-state index contributed by atoms with van der Waals surface area (Å²) < 4.78 is 0. The number of nitrogens with one attached hydrogen (secondary N) is 3. The highest BCUT2D eigenvalue weighted by Crippen LogP contribution is 2.18. The van der Waals surface area contributed by atoms with Gasteiger partial charge in [-0.3, -0.25) is 10.1 Å². The molecule has 6 heteroatoms. The van der Waals surface area contributed by atoms with Gasteiger partial charge in [0.05, 0.1) is 7.05 Å². The van der Waals surface area contributed by atoms with Gasteiger partial charge in [-0.05, 0) is 29.7 Å². The van der Waals surface area contributed by atoms with Crippen LogP contribution >= 0.6 is 11.3 Å². The Hall–Kier alpha value is -1.40. The fourth-order valence-electron chi connectivity index (χ4n) is 1.70. The molecule has 98 valence electrons. The predicted octanol–water partition coefficient (Wildman–Crippen LogP) is -0.249. The lowest BCUT2D eigenvalue weighted by Crippen LogP contribution is -3.09. The molecule has 1 fully saturated rings. The van der Waals surface area contributed by atoms with Crippen LogP contribution in [-0.4, -0.2) is 31.6 Å². The molecule has 3 amide bonds. The SMILES string of the molecule is C[NH+](CC(=O)NC(=O)NC1CC1)Cc1ccsc1. The van der Waals surface area contributed by atoms with Gasteiger partial charge >= 0.3 is 6.03 Å². The first-order valence-corrected chi connectivity index (χ1v) is 7.00. The number of rotatable bonds is 5. The number of quaternary nitrogens is 1. The summed E-state index contributed by atoms with van der Waals surface area (Å²) in [5.74, 6) is -0.235. The van der Waals surface area contributed by atoms with Crippen LogP contribution in [0.3, 0.4) is 0 Å². The van der Waals surface area contributed by atoms with E-state index in [9.17, 15) is 9.59 Å². The maximum Gasteiger partial charge on any atom is 0.321 e. The Balaban J connectivity index is 1.67. The van der Waals surface area contributed by atoms with Crippen LogP contribution < -0.4 is 15.5 Å². The van der Waals surface area contributed by atoms with Crippen LogP contribution in [0.5, 0.6) is 0 Å². The van der Waals surface area contributed by atoms with E-state index in [0.29, 0.717) is 6.54 Å². The normalized spacial score (nSPS) is 16.1. The number of carbonyl (C=O) groups excluding carboxylic acids is 2. The monoisotopic (exact) mass is 268 g/mol. The summed E-state index contributed by atoms with van der Waals surface area (Å²) in [6.45, 7) is 1.09. The maximum absolute atomic E-state index is 11.6.